The van der Waals surface area contributed by atoms with Crippen LogP contribution in [0.3, 0.4) is 0 Å². The van der Waals surface area contributed by atoms with E-state index in [1.807, 2.05) is 17.0 Å². The summed E-state index contributed by atoms with van der Waals surface area (Å²) in [6.07, 6.45) is 7.09. The summed E-state index contributed by atoms with van der Waals surface area (Å²) in [6.45, 7) is 2.78. The topological polar surface area (TPSA) is 62.7 Å². The number of ether oxygens (including phenoxy) is 1. The molecule has 0 amide bonds. The lowest BCUT2D eigenvalue weighted by Gasteiger charge is -2.27. The van der Waals surface area contributed by atoms with Gasteiger partial charge in [-0.05, 0) is 24.6 Å². The van der Waals surface area contributed by atoms with Crippen LogP contribution in [0.4, 0.5) is 0 Å². The van der Waals surface area contributed by atoms with Gasteiger partial charge in [0.15, 0.2) is 0 Å². The van der Waals surface area contributed by atoms with Gasteiger partial charge in [0.05, 0.1) is 13.2 Å². The summed E-state index contributed by atoms with van der Waals surface area (Å²) in [6, 6.07) is 6.55. The number of pyridine rings is 1. The Balaban J connectivity index is 2.36. The smallest absolute Gasteiger partial charge is 0.324 e. The second-order valence-corrected chi connectivity index (χ2v) is 5.57. The maximum absolute atomic E-state index is 12.2. The summed E-state index contributed by atoms with van der Waals surface area (Å²) in [5, 5.41) is 10.8. The number of carbonyl (C=O) groups is 1. The Hall–Kier alpha value is -2.23. The molecule has 126 valence electrons. The fourth-order valence-electron chi connectivity index (χ4n) is 2.54. The lowest BCUT2D eigenvalue weighted by molar-refractivity contribution is -0.148. The maximum Gasteiger partial charge on any atom is 0.324 e. The molecule has 1 unspecified atom stereocenters. The molecule has 0 fully saturated rings. The van der Waals surface area contributed by atoms with Crippen LogP contribution >= 0.6 is 12.6 Å². The molecule has 1 N–H and O–H groups in total. The van der Waals surface area contributed by atoms with E-state index in [-0.39, 0.29) is 18.3 Å². The first-order valence-corrected chi connectivity index (χ1v) is 8.26. The highest BCUT2D eigenvalue weighted by molar-refractivity contribution is 7.80. The Labute approximate surface area is 147 Å². The van der Waals surface area contributed by atoms with Crippen molar-refractivity contribution in [3.05, 3.63) is 36.0 Å². The first-order valence-electron chi connectivity index (χ1n) is 7.63. The van der Waals surface area contributed by atoms with E-state index >= 15 is 0 Å². The molecule has 0 aliphatic heterocycles. The number of hydrogen-bond donors (Lipinski definition) is 2. The number of terminal acetylenes is 1. The van der Waals surface area contributed by atoms with Gasteiger partial charge < -0.3 is 9.84 Å². The van der Waals surface area contributed by atoms with Gasteiger partial charge in [0.2, 0.25) is 0 Å². The number of rotatable bonds is 7. The number of benzene rings is 1. The van der Waals surface area contributed by atoms with Gasteiger partial charge in [-0.2, -0.15) is 12.6 Å². The number of aromatic hydroxyl groups is 1. The minimum atomic E-state index is -0.537. The molecule has 0 saturated carbocycles. The molecule has 1 aromatic carbocycles. The van der Waals surface area contributed by atoms with Crippen LogP contribution < -0.4 is 0 Å². The van der Waals surface area contributed by atoms with Crippen LogP contribution in [0.1, 0.15) is 12.5 Å². The lowest BCUT2D eigenvalue weighted by Crippen LogP contribution is -2.43. The van der Waals surface area contributed by atoms with Crippen LogP contribution in [0.15, 0.2) is 30.5 Å². The Bertz CT molecular complexity index is 758. The van der Waals surface area contributed by atoms with E-state index in [2.05, 4.69) is 23.5 Å². The van der Waals surface area contributed by atoms with Crippen LogP contribution in [-0.4, -0.2) is 45.9 Å². The van der Waals surface area contributed by atoms with Crippen LogP contribution in [0.5, 0.6) is 5.75 Å². The molecular formula is C18H20N2O3S. The van der Waals surface area contributed by atoms with Gasteiger partial charge >= 0.3 is 5.97 Å². The summed E-state index contributed by atoms with van der Waals surface area (Å²) >= 11 is 4.27. The average Bonchev–Trinajstić information content (AvgIpc) is 2.58. The summed E-state index contributed by atoms with van der Waals surface area (Å²) < 4.78 is 5.12. The van der Waals surface area contributed by atoms with Gasteiger partial charge in [0.1, 0.15) is 17.3 Å². The van der Waals surface area contributed by atoms with E-state index < -0.39 is 6.04 Å². The number of hydrogen-bond acceptors (Lipinski definition) is 6. The monoisotopic (exact) mass is 344 g/mol. The molecule has 2 aromatic rings. The predicted octanol–water partition coefficient (Wildman–Crippen LogP) is 2.24. The minimum absolute atomic E-state index is 0.119. The molecule has 1 aromatic heterocycles. The number of phenolic OH excluding ortho intramolecular Hbond substituents is 1. The van der Waals surface area contributed by atoms with E-state index in [4.69, 9.17) is 11.2 Å². The Morgan fingerprint density at radius 1 is 1.50 bits per heavy atom. The molecule has 0 saturated heterocycles. The van der Waals surface area contributed by atoms with Crippen molar-refractivity contribution >= 4 is 29.5 Å². The van der Waals surface area contributed by atoms with Crippen molar-refractivity contribution in [2.45, 2.75) is 19.5 Å². The van der Waals surface area contributed by atoms with Crippen molar-refractivity contribution in [3.8, 4) is 18.1 Å². The van der Waals surface area contributed by atoms with Crippen molar-refractivity contribution in [3.63, 3.8) is 0 Å². The first kappa shape index (κ1) is 18.1. The highest BCUT2D eigenvalue weighted by Gasteiger charge is 2.26. The molecule has 1 heterocycles. The largest absolute Gasteiger partial charge is 0.506 e. The van der Waals surface area contributed by atoms with Gasteiger partial charge in [-0.15, -0.1) is 6.42 Å². The molecule has 2 rings (SSSR count). The molecule has 0 spiro atoms. The number of nitrogens with zero attached hydrogens (tertiary/aromatic N) is 2. The van der Waals surface area contributed by atoms with Gasteiger partial charge in [0, 0.05) is 23.9 Å². The summed E-state index contributed by atoms with van der Waals surface area (Å²) in [4.78, 5) is 18.2. The molecule has 1 atom stereocenters. The minimum Gasteiger partial charge on any atom is -0.506 e. The van der Waals surface area contributed by atoms with E-state index in [0.717, 1.165) is 10.9 Å². The highest BCUT2D eigenvalue weighted by atomic mass is 32.1. The standard InChI is InChI=1S/C18H20N2O3S/c1-3-10-20(15(12-24)18(22)23-4-2)11-13-7-8-16(21)17-14(13)6-5-9-19-17/h1,5-9,15,21,24H,4,10-12H2,2H3. The molecule has 0 radical (unpaired) electrons. The molecule has 5 nitrogen and oxygen atoms in total. The fourth-order valence-corrected chi connectivity index (χ4v) is 2.92. The predicted molar refractivity (Wildman–Crippen MR) is 96.9 cm³/mol. The molecule has 24 heavy (non-hydrogen) atoms. The van der Waals surface area contributed by atoms with E-state index in [0.29, 0.717) is 24.4 Å². The zero-order chi connectivity index (χ0) is 17.5. The zero-order valence-corrected chi connectivity index (χ0v) is 14.4. The normalized spacial score (nSPS) is 12.1. The number of carbonyl (C=O) groups excluding carboxylic acids is 1. The first-order chi connectivity index (χ1) is 11.6. The molecule has 0 bridgehead atoms. The van der Waals surface area contributed by atoms with Crippen LogP contribution in [0.25, 0.3) is 10.9 Å². The van der Waals surface area contributed by atoms with E-state index in [9.17, 15) is 9.90 Å². The summed E-state index contributed by atoms with van der Waals surface area (Å²) in [5.74, 6) is 2.65. The third-order valence-corrected chi connectivity index (χ3v) is 4.02. The third-order valence-electron chi connectivity index (χ3n) is 3.68. The second-order valence-electron chi connectivity index (χ2n) is 5.20. The number of phenols is 1. The van der Waals surface area contributed by atoms with Crippen LogP contribution in [0, 0.1) is 12.3 Å². The molecule has 6 heteroatoms. The van der Waals surface area contributed by atoms with Gasteiger partial charge in [0.25, 0.3) is 0 Å². The van der Waals surface area contributed by atoms with Crippen LogP contribution in [-0.2, 0) is 16.1 Å². The zero-order valence-electron chi connectivity index (χ0n) is 13.5. The van der Waals surface area contributed by atoms with E-state index in [1.54, 1.807) is 25.3 Å². The third kappa shape index (κ3) is 3.99. The maximum atomic E-state index is 12.2. The van der Waals surface area contributed by atoms with Crippen molar-refractivity contribution in [2.24, 2.45) is 0 Å². The van der Waals surface area contributed by atoms with Crippen molar-refractivity contribution in [1.82, 2.24) is 9.88 Å². The summed E-state index contributed by atoms with van der Waals surface area (Å²) in [5.41, 5.74) is 1.44. The Morgan fingerprint density at radius 3 is 2.96 bits per heavy atom. The molecule has 0 aliphatic carbocycles. The van der Waals surface area contributed by atoms with Crippen molar-refractivity contribution in [2.75, 3.05) is 18.9 Å². The number of fused-ring (bicyclic) bond motifs is 1. The Kier molecular flexibility index (Phi) is 6.47. The lowest BCUT2D eigenvalue weighted by atomic mass is 10.1. The van der Waals surface area contributed by atoms with E-state index in [1.165, 1.54) is 0 Å². The average molecular weight is 344 g/mol. The quantitative estimate of drug-likeness (QED) is 0.458. The second kappa shape index (κ2) is 8.57. The number of thiol groups is 1. The SMILES string of the molecule is C#CCN(Cc1ccc(O)c2ncccc12)C(CS)C(=O)OCC. The van der Waals surface area contributed by atoms with Crippen molar-refractivity contribution < 1.29 is 14.6 Å². The van der Waals surface area contributed by atoms with Gasteiger partial charge in [-0.1, -0.05) is 18.1 Å². The Morgan fingerprint density at radius 2 is 2.29 bits per heavy atom. The molecular weight excluding hydrogens is 324 g/mol. The number of esters is 1. The number of aromatic nitrogens is 1. The molecule has 0 aliphatic rings. The van der Waals surface area contributed by atoms with Gasteiger partial charge in [-0.25, -0.2) is 0 Å². The highest BCUT2D eigenvalue weighted by Crippen LogP contribution is 2.26. The van der Waals surface area contributed by atoms with Gasteiger partial charge in [-0.3, -0.25) is 14.7 Å². The summed E-state index contributed by atoms with van der Waals surface area (Å²) in [7, 11) is 0. The fraction of sp³-hybridized carbons (Fsp3) is 0.333. The van der Waals surface area contributed by atoms with Crippen molar-refractivity contribution in [1.29, 1.82) is 0 Å². The van der Waals surface area contributed by atoms with Crippen LogP contribution in [0.2, 0.25) is 0 Å².